The number of nitrogens with one attached hydrogen (secondary N) is 1. The first kappa shape index (κ1) is 14.2. The molecule has 0 amide bonds. The third kappa shape index (κ3) is 2.68. The zero-order valence-electron chi connectivity index (χ0n) is 8.66. The molecule has 1 heterocycles. The molecule has 18 heavy (non-hydrogen) atoms. The molecule has 3 nitrogen and oxygen atoms in total. The van der Waals surface area contributed by atoms with Crippen molar-refractivity contribution in [1.29, 1.82) is 5.41 Å². The first-order chi connectivity index (χ1) is 8.30. The van der Waals surface area contributed by atoms with Crippen molar-refractivity contribution in [2.75, 3.05) is 4.90 Å². The zero-order valence-corrected chi connectivity index (χ0v) is 12.5. The molecule has 1 aromatic carbocycles. The van der Waals surface area contributed by atoms with Crippen molar-refractivity contribution in [1.82, 2.24) is 0 Å². The van der Waals surface area contributed by atoms with Crippen molar-refractivity contribution in [3.8, 4) is 0 Å². The molecule has 0 aromatic heterocycles. The second-order valence-electron chi connectivity index (χ2n) is 3.49. The quantitative estimate of drug-likeness (QED) is 0.613. The van der Waals surface area contributed by atoms with Crippen LogP contribution in [0.2, 0.25) is 5.02 Å². The van der Waals surface area contributed by atoms with Gasteiger partial charge in [-0.15, -0.1) is 0 Å². The lowest BCUT2D eigenvalue weighted by Crippen LogP contribution is -2.41. The summed E-state index contributed by atoms with van der Waals surface area (Å²) < 4.78 is 3.44. The molecule has 0 saturated carbocycles. The molecule has 1 saturated heterocycles. The van der Waals surface area contributed by atoms with E-state index < -0.39 is 10.0 Å². The molecule has 0 radical (unpaired) electrons. The van der Waals surface area contributed by atoms with Crippen molar-refractivity contribution in [3.63, 3.8) is 0 Å². The molecule has 1 fully saturated rings. The number of anilines is 1. The lowest BCUT2D eigenvalue weighted by atomic mass is 10.3. The highest BCUT2D eigenvalue weighted by Gasteiger charge is 2.47. The summed E-state index contributed by atoms with van der Waals surface area (Å²) in [4.78, 5) is 1.63. The predicted octanol–water partition coefficient (Wildman–Crippen LogP) is 4.18. The molecular formula is C10H6Cl4N2OS. The zero-order chi connectivity index (χ0) is 13.5. The molecule has 96 valence electrons. The number of ether oxygens (including phenoxy) is 1. The molecule has 1 aromatic rings. The summed E-state index contributed by atoms with van der Waals surface area (Å²) >= 11 is 28.4. The van der Waals surface area contributed by atoms with Crippen molar-refractivity contribution in [2.45, 2.75) is 10.0 Å². The van der Waals surface area contributed by atoms with Gasteiger partial charge in [-0.3, -0.25) is 10.3 Å². The van der Waals surface area contributed by atoms with Crippen LogP contribution in [-0.2, 0) is 4.74 Å². The van der Waals surface area contributed by atoms with E-state index in [0.717, 1.165) is 0 Å². The minimum Gasteiger partial charge on any atom is -0.447 e. The largest absolute Gasteiger partial charge is 0.447 e. The summed E-state index contributed by atoms with van der Waals surface area (Å²) in [5, 5.41) is 8.15. The normalized spacial score (nSPS) is 20.2. The molecule has 1 aliphatic heterocycles. The Bertz CT molecular complexity index is 500. The van der Waals surface area contributed by atoms with Gasteiger partial charge in [-0.25, -0.2) is 0 Å². The van der Waals surface area contributed by atoms with Crippen molar-refractivity contribution >= 4 is 75.2 Å². The first-order valence-corrected chi connectivity index (χ1v) is 6.64. The lowest BCUT2D eigenvalue weighted by molar-refractivity contribution is 0.223. The van der Waals surface area contributed by atoms with E-state index in [4.69, 9.17) is 68.8 Å². The van der Waals surface area contributed by atoms with Gasteiger partial charge in [-0.1, -0.05) is 58.6 Å². The predicted molar refractivity (Wildman–Crippen MR) is 79.4 cm³/mol. The van der Waals surface area contributed by atoms with Gasteiger partial charge in [0.1, 0.15) is 0 Å². The highest BCUT2D eigenvalue weighted by atomic mass is 35.6. The Balaban J connectivity index is 2.42. The minimum absolute atomic E-state index is 0.161. The van der Waals surface area contributed by atoms with Crippen LogP contribution in [0.1, 0.15) is 0 Å². The average molecular weight is 344 g/mol. The van der Waals surface area contributed by atoms with E-state index in [1.165, 1.54) is 4.90 Å². The second kappa shape index (κ2) is 5.02. The van der Waals surface area contributed by atoms with E-state index in [2.05, 4.69) is 0 Å². The number of alkyl halides is 3. The van der Waals surface area contributed by atoms with Gasteiger partial charge in [-0.2, -0.15) is 0 Å². The molecule has 1 aliphatic rings. The van der Waals surface area contributed by atoms with E-state index in [9.17, 15) is 0 Å². The monoisotopic (exact) mass is 342 g/mol. The highest BCUT2D eigenvalue weighted by molar-refractivity contribution is 7.82. The van der Waals surface area contributed by atoms with E-state index in [0.29, 0.717) is 10.7 Å². The molecule has 0 aliphatic carbocycles. The van der Waals surface area contributed by atoms with Gasteiger partial charge >= 0.3 is 0 Å². The van der Waals surface area contributed by atoms with Crippen LogP contribution >= 0.6 is 58.6 Å². The van der Waals surface area contributed by atoms with E-state index in [-0.39, 0.29) is 10.9 Å². The molecule has 1 N–H and O–H groups in total. The van der Waals surface area contributed by atoms with Crippen LogP contribution in [0.25, 0.3) is 0 Å². The van der Waals surface area contributed by atoms with E-state index in [1.807, 2.05) is 0 Å². The van der Waals surface area contributed by atoms with E-state index in [1.54, 1.807) is 24.3 Å². The summed E-state index contributed by atoms with van der Waals surface area (Å²) in [6.07, 6.45) is -0.969. The van der Waals surface area contributed by atoms with E-state index >= 15 is 0 Å². The second-order valence-corrected chi connectivity index (χ2v) is 6.68. The van der Waals surface area contributed by atoms with Gasteiger partial charge in [0.25, 0.3) is 0 Å². The number of hydrogen-bond acceptors (Lipinski definition) is 3. The van der Waals surface area contributed by atoms with Crippen molar-refractivity contribution in [2.24, 2.45) is 0 Å². The lowest BCUT2D eigenvalue weighted by Gasteiger charge is -2.28. The maximum atomic E-state index is 7.58. The third-order valence-corrected chi connectivity index (χ3v) is 3.46. The Hall–Kier alpha value is -0.260. The third-order valence-electron chi connectivity index (χ3n) is 2.26. The number of thiocarbonyl (C=S) groups is 1. The number of nitrogens with zero attached hydrogens (tertiary/aromatic N) is 1. The van der Waals surface area contributed by atoms with Crippen LogP contribution in [0.15, 0.2) is 24.3 Å². The van der Waals surface area contributed by atoms with Crippen molar-refractivity contribution in [3.05, 3.63) is 29.3 Å². The van der Waals surface area contributed by atoms with Crippen LogP contribution in [0, 0.1) is 5.41 Å². The first-order valence-electron chi connectivity index (χ1n) is 4.72. The maximum Gasteiger partial charge on any atom is 0.246 e. The van der Waals surface area contributed by atoms with Gasteiger partial charge in [0.15, 0.2) is 4.99 Å². The summed E-state index contributed by atoms with van der Waals surface area (Å²) in [6, 6.07) is 6.77. The molecule has 1 atom stereocenters. The molecule has 0 unspecified atom stereocenters. The van der Waals surface area contributed by atoms with Crippen LogP contribution in [0.4, 0.5) is 5.69 Å². The summed E-state index contributed by atoms with van der Waals surface area (Å²) in [6.45, 7) is 0. The van der Waals surface area contributed by atoms with Crippen LogP contribution < -0.4 is 4.90 Å². The smallest absolute Gasteiger partial charge is 0.246 e. The highest BCUT2D eigenvalue weighted by Crippen LogP contribution is 2.39. The fraction of sp³-hybridized carbons (Fsp3) is 0.200. The van der Waals surface area contributed by atoms with Gasteiger partial charge < -0.3 is 4.74 Å². The fourth-order valence-electron chi connectivity index (χ4n) is 1.50. The number of halogens is 4. The summed E-state index contributed by atoms with van der Waals surface area (Å²) in [5.41, 5.74) is 0.642. The average Bonchev–Trinajstić information content (AvgIpc) is 2.57. The van der Waals surface area contributed by atoms with Gasteiger partial charge in [0.2, 0.25) is 15.9 Å². The van der Waals surface area contributed by atoms with Crippen LogP contribution in [0.3, 0.4) is 0 Å². The van der Waals surface area contributed by atoms with Crippen LogP contribution in [-0.4, -0.2) is 20.9 Å². The Morgan fingerprint density at radius 1 is 1.22 bits per heavy atom. The van der Waals surface area contributed by atoms with Gasteiger partial charge in [0.05, 0.1) is 0 Å². The topological polar surface area (TPSA) is 36.3 Å². The Labute approximate surface area is 129 Å². The molecular weight excluding hydrogens is 338 g/mol. The Morgan fingerprint density at radius 2 is 1.78 bits per heavy atom. The molecule has 0 bridgehead atoms. The van der Waals surface area contributed by atoms with Crippen LogP contribution in [0.5, 0.6) is 0 Å². The maximum absolute atomic E-state index is 7.58. The SMILES string of the molecule is N=C1O[C@@H](C(Cl)(Cl)Cl)N(c2ccc(Cl)cc2)C1=S. The minimum atomic E-state index is -1.73. The number of rotatable bonds is 1. The Kier molecular flexibility index (Phi) is 3.95. The summed E-state index contributed by atoms with van der Waals surface area (Å²) in [5.74, 6) is -0.198. The number of benzene rings is 1. The molecule has 0 spiro atoms. The summed E-state index contributed by atoms with van der Waals surface area (Å²) in [7, 11) is 0. The fourth-order valence-corrected chi connectivity index (χ4v) is 2.30. The van der Waals surface area contributed by atoms with Crippen molar-refractivity contribution < 1.29 is 4.74 Å². The standard InChI is InChI=1S/C10H6Cl4N2OS/c11-5-1-3-6(4-2-5)16-8(18)7(15)17-9(16)10(12,13)14/h1-4,9,15H/t9-/m0/s1. The molecule has 2 rings (SSSR count). The van der Waals surface area contributed by atoms with Gasteiger partial charge in [-0.05, 0) is 24.3 Å². The molecule has 8 heteroatoms. The van der Waals surface area contributed by atoms with Gasteiger partial charge in [0, 0.05) is 10.7 Å². The Morgan fingerprint density at radius 3 is 2.28 bits per heavy atom. The number of hydrogen-bond donors (Lipinski definition) is 1.